The Hall–Kier alpha value is -1.95. The fourth-order valence-corrected chi connectivity index (χ4v) is 1.56. The molecule has 0 radical (unpaired) electrons. The summed E-state index contributed by atoms with van der Waals surface area (Å²) in [5.41, 5.74) is -0.377. The Labute approximate surface area is 110 Å². The summed E-state index contributed by atoms with van der Waals surface area (Å²) in [6.45, 7) is 2.20. The third-order valence-corrected chi connectivity index (χ3v) is 2.66. The van der Waals surface area contributed by atoms with Crippen molar-refractivity contribution in [2.45, 2.75) is 19.4 Å². The first-order valence-electron chi connectivity index (χ1n) is 5.82. The van der Waals surface area contributed by atoms with Crippen LogP contribution in [0.1, 0.15) is 34.1 Å². The molecular weight excluding hydrogens is 253 g/mol. The van der Waals surface area contributed by atoms with Crippen molar-refractivity contribution in [3.63, 3.8) is 0 Å². The van der Waals surface area contributed by atoms with Crippen LogP contribution in [0.25, 0.3) is 0 Å². The molecule has 2 N–H and O–H groups in total. The molecule has 0 bridgehead atoms. The number of carbonyl (C=O) groups is 2. The van der Waals surface area contributed by atoms with Crippen LogP contribution in [0.3, 0.4) is 0 Å². The molecule has 104 valence electrons. The van der Waals surface area contributed by atoms with Crippen molar-refractivity contribution in [2.75, 3.05) is 13.7 Å². The first-order valence-corrected chi connectivity index (χ1v) is 5.82. The van der Waals surface area contributed by atoms with Crippen molar-refractivity contribution in [2.24, 2.45) is 0 Å². The number of methoxy groups -OCH3 is 1. The number of hydrogen-bond acceptors (Lipinski definition) is 3. The number of carboxylic acid groups (broad SMARTS) is 1. The Kier molecular flexibility index (Phi) is 5.44. The highest BCUT2D eigenvalue weighted by atomic mass is 19.1. The molecule has 0 fully saturated rings. The van der Waals surface area contributed by atoms with Gasteiger partial charge in [-0.15, -0.1) is 0 Å². The lowest BCUT2D eigenvalue weighted by molar-refractivity contribution is 0.0695. The molecule has 0 spiro atoms. The van der Waals surface area contributed by atoms with E-state index in [2.05, 4.69) is 5.32 Å². The Morgan fingerprint density at radius 1 is 1.47 bits per heavy atom. The van der Waals surface area contributed by atoms with Gasteiger partial charge in [-0.1, -0.05) is 6.92 Å². The molecule has 6 heteroatoms. The number of carbonyl (C=O) groups excluding carboxylic acids is 1. The van der Waals surface area contributed by atoms with Crippen molar-refractivity contribution in [1.82, 2.24) is 5.32 Å². The molecule has 1 atom stereocenters. The summed E-state index contributed by atoms with van der Waals surface area (Å²) in [6.07, 6.45) is 0.647. The fourth-order valence-electron chi connectivity index (χ4n) is 1.56. The second kappa shape index (κ2) is 6.84. The van der Waals surface area contributed by atoms with Crippen LogP contribution in [0.2, 0.25) is 0 Å². The van der Waals surface area contributed by atoms with Gasteiger partial charge in [0.05, 0.1) is 23.8 Å². The lowest BCUT2D eigenvalue weighted by Gasteiger charge is -2.16. The highest BCUT2D eigenvalue weighted by Gasteiger charge is 2.17. The van der Waals surface area contributed by atoms with Crippen LogP contribution >= 0.6 is 0 Å². The predicted octanol–water partition coefficient (Wildman–Crippen LogP) is 1.68. The van der Waals surface area contributed by atoms with Gasteiger partial charge in [0.25, 0.3) is 5.91 Å². The van der Waals surface area contributed by atoms with Crippen LogP contribution in [0, 0.1) is 5.82 Å². The maximum atomic E-state index is 13.6. The Morgan fingerprint density at radius 2 is 2.16 bits per heavy atom. The molecule has 1 amide bonds. The quantitative estimate of drug-likeness (QED) is 0.823. The monoisotopic (exact) mass is 269 g/mol. The summed E-state index contributed by atoms with van der Waals surface area (Å²) in [6, 6.07) is 2.97. The Bertz CT molecular complexity index is 476. The molecule has 0 aliphatic heterocycles. The number of rotatable bonds is 6. The van der Waals surface area contributed by atoms with Gasteiger partial charge in [-0.3, -0.25) is 4.79 Å². The predicted molar refractivity (Wildman–Crippen MR) is 66.8 cm³/mol. The van der Waals surface area contributed by atoms with E-state index in [1.165, 1.54) is 13.2 Å². The molecule has 1 aromatic rings. The van der Waals surface area contributed by atoms with Crippen molar-refractivity contribution in [1.29, 1.82) is 0 Å². The lowest BCUT2D eigenvalue weighted by atomic mass is 10.1. The maximum Gasteiger partial charge on any atom is 0.335 e. The van der Waals surface area contributed by atoms with Crippen LogP contribution in [-0.2, 0) is 4.74 Å². The van der Waals surface area contributed by atoms with Gasteiger partial charge in [-0.05, 0) is 24.6 Å². The third kappa shape index (κ3) is 4.03. The number of aromatic carboxylic acids is 1. The summed E-state index contributed by atoms with van der Waals surface area (Å²) < 4.78 is 18.6. The van der Waals surface area contributed by atoms with Crippen LogP contribution in [0.4, 0.5) is 4.39 Å². The van der Waals surface area contributed by atoms with Crippen molar-refractivity contribution >= 4 is 11.9 Å². The fraction of sp³-hybridized carbons (Fsp3) is 0.385. The van der Waals surface area contributed by atoms with Gasteiger partial charge >= 0.3 is 5.97 Å². The average molecular weight is 269 g/mol. The number of benzene rings is 1. The third-order valence-electron chi connectivity index (χ3n) is 2.66. The van der Waals surface area contributed by atoms with Crippen LogP contribution in [0.5, 0.6) is 0 Å². The Morgan fingerprint density at radius 3 is 2.63 bits per heavy atom. The minimum absolute atomic E-state index is 0.181. The first kappa shape index (κ1) is 15.1. The Balaban J connectivity index is 2.85. The summed E-state index contributed by atoms with van der Waals surface area (Å²) in [5, 5.41) is 11.3. The van der Waals surface area contributed by atoms with Crippen LogP contribution < -0.4 is 5.32 Å². The number of carboxylic acids is 1. The first-order chi connectivity index (χ1) is 8.99. The number of halogens is 1. The molecule has 0 aliphatic rings. The molecule has 0 saturated heterocycles. The minimum atomic E-state index is -1.24. The standard InChI is InChI=1S/C13H16FNO4/c1-3-9(7-19-2)15-12(16)10-5-4-8(13(17)18)6-11(10)14/h4-6,9H,3,7H2,1-2H3,(H,15,16)(H,17,18). The summed E-state index contributed by atoms with van der Waals surface area (Å²) in [4.78, 5) is 22.5. The van der Waals surface area contributed by atoms with Gasteiger partial charge in [0.2, 0.25) is 0 Å². The molecule has 0 aliphatic carbocycles. The zero-order valence-electron chi connectivity index (χ0n) is 10.8. The van der Waals surface area contributed by atoms with Crippen molar-refractivity contribution in [3.8, 4) is 0 Å². The number of nitrogens with one attached hydrogen (secondary N) is 1. The largest absolute Gasteiger partial charge is 0.478 e. The highest BCUT2D eigenvalue weighted by molar-refractivity contribution is 5.96. The van der Waals surface area contributed by atoms with E-state index < -0.39 is 17.7 Å². The van der Waals surface area contributed by atoms with Gasteiger partial charge in [0.15, 0.2) is 0 Å². The number of ether oxygens (including phenoxy) is 1. The van der Waals surface area contributed by atoms with E-state index in [0.29, 0.717) is 13.0 Å². The molecule has 0 heterocycles. The summed E-state index contributed by atoms with van der Waals surface area (Å²) >= 11 is 0. The molecule has 5 nitrogen and oxygen atoms in total. The van der Waals surface area contributed by atoms with Gasteiger partial charge in [-0.25, -0.2) is 9.18 Å². The van der Waals surface area contributed by atoms with Gasteiger partial charge in [-0.2, -0.15) is 0 Å². The highest BCUT2D eigenvalue weighted by Crippen LogP contribution is 2.11. The van der Waals surface area contributed by atoms with Crippen LogP contribution in [0.15, 0.2) is 18.2 Å². The minimum Gasteiger partial charge on any atom is -0.478 e. The summed E-state index contributed by atoms with van der Waals surface area (Å²) in [5.74, 6) is -2.68. The van der Waals surface area contributed by atoms with Crippen LogP contribution in [-0.4, -0.2) is 36.7 Å². The zero-order valence-corrected chi connectivity index (χ0v) is 10.8. The van der Waals surface area contributed by atoms with Crippen molar-refractivity contribution in [3.05, 3.63) is 35.1 Å². The summed E-state index contributed by atoms with van der Waals surface area (Å²) in [7, 11) is 1.51. The van der Waals surface area contributed by atoms with Gasteiger partial charge in [0.1, 0.15) is 5.82 Å². The maximum absolute atomic E-state index is 13.6. The second-order valence-electron chi connectivity index (χ2n) is 4.03. The number of amides is 1. The molecule has 19 heavy (non-hydrogen) atoms. The molecule has 1 rings (SSSR count). The molecule has 0 aromatic heterocycles. The van der Waals surface area contributed by atoms with E-state index in [1.54, 1.807) is 0 Å². The van der Waals surface area contributed by atoms with Gasteiger partial charge < -0.3 is 15.2 Å². The van der Waals surface area contributed by atoms with E-state index in [9.17, 15) is 14.0 Å². The normalized spacial score (nSPS) is 11.9. The number of hydrogen-bond donors (Lipinski definition) is 2. The van der Waals surface area contributed by atoms with Crippen molar-refractivity contribution < 1.29 is 23.8 Å². The van der Waals surface area contributed by atoms with E-state index in [0.717, 1.165) is 12.1 Å². The average Bonchev–Trinajstić information content (AvgIpc) is 2.37. The van der Waals surface area contributed by atoms with E-state index >= 15 is 0 Å². The van der Waals surface area contributed by atoms with E-state index in [-0.39, 0.29) is 17.2 Å². The SMILES string of the molecule is CCC(COC)NC(=O)c1ccc(C(=O)O)cc1F. The molecular formula is C13H16FNO4. The zero-order chi connectivity index (χ0) is 14.4. The van der Waals surface area contributed by atoms with Gasteiger partial charge in [0, 0.05) is 7.11 Å². The van der Waals surface area contributed by atoms with E-state index in [4.69, 9.17) is 9.84 Å². The van der Waals surface area contributed by atoms with E-state index in [1.807, 2.05) is 6.92 Å². The molecule has 0 saturated carbocycles. The second-order valence-corrected chi connectivity index (χ2v) is 4.03. The molecule has 1 aromatic carbocycles. The smallest absolute Gasteiger partial charge is 0.335 e. The molecule has 1 unspecified atom stereocenters. The topological polar surface area (TPSA) is 75.6 Å². The lowest BCUT2D eigenvalue weighted by Crippen LogP contribution is -2.37.